The van der Waals surface area contributed by atoms with E-state index in [1.165, 1.54) is 0 Å². The Morgan fingerprint density at radius 3 is 2.81 bits per heavy atom. The topological polar surface area (TPSA) is 80.3 Å². The minimum Gasteiger partial charge on any atom is -0.340 e. The summed E-state index contributed by atoms with van der Waals surface area (Å²) in [4.78, 5) is 25.3. The average Bonchev–Trinajstić information content (AvgIpc) is 3.33. The van der Waals surface area contributed by atoms with Crippen molar-refractivity contribution in [2.24, 2.45) is 5.73 Å². The van der Waals surface area contributed by atoms with E-state index in [4.69, 9.17) is 5.73 Å². The summed E-state index contributed by atoms with van der Waals surface area (Å²) in [7, 11) is 0. The van der Waals surface area contributed by atoms with Crippen molar-refractivity contribution in [2.45, 2.75) is 38.3 Å². The van der Waals surface area contributed by atoms with E-state index in [2.05, 4.69) is 9.97 Å². The van der Waals surface area contributed by atoms with E-state index >= 15 is 0 Å². The molecule has 1 amide bonds. The lowest BCUT2D eigenvalue weighted by molar-refractivity contribution is -0.132. The first-order chi connectivity index (χ1) is 14.9. The van der Waals surface area contributed by atoms with Gasteiger partial charge in [-0.1, -0.05) is 6.07 Å². The van der Waals surface area contributed by atoms with Crippen LogP contribution in [0.1, 0.15) is 17.7 Å². The molecule has 0 spiro atoms. The number of aromatic nitrogens is 3. The standard InChI is InChI=1S/C21H21F3N6O/c22-13-3-5-28(9-16(13)25)21-27-17-6-14(23)15(24)7-19(17)30(21)11-20(31)29-8-12-2-1-4-26-18(12)10-29/h1-2,4,6-7,13,16H,3,5,8-11,25H2/t13-,16-/m1/s1. The van der Waals surface area contributed by atoms with E-state index in [1.54, 1.807) is 20.6 Å². The minimum absolute atomic E-state index is 0.115. The summed E-state index contributed by atoms with van der Waals surface area (Å²) in [6, 6.07) is 5.09. The molecule has 1 fully saturated rings. The van der Waals surface area contributed by atoms with Crippen molar-refractivity contribution >= 4 is 22.9 Å². The highest BCUT2D eigenvalue weighted by atomic mass is 19.2. The van der Waals surface area contributed by atoms with E-state index in [0.29, 0.717) is 31.1 Å². The number of fused-ring (bicyclic) bond motifs is 2. The largest absolute Gasteiger partial charge is 0.340 e. The summed E-state index contributed by atoms with van der Waals surface area (Å²) in [6.07, 6.45) is 0.776. The zero-order valence-corrected chi connectivity index (χ0v) is 16.6. The second-order valence-corrected chi connectivity index (χ2v) is 8.03. The summed E-state index contributed by atoms with van der Waals surface area (Å²) in [5, 5.41) is 0. The lowest BCUT2D eigenvalue weighted by Gasteiger charge is -2.34. The first kappa shape index (κ1) is 19.8. The van der Waals surface area contributed by atoms with Crippen LogP contribution in [0.25, 0.3) is 11.0 Å². The minimum atomic E-state index is -1.12. The number of nitrogens with zero attached hydrogens (tertiary/aromatic N) is 5. The van der Waals surface area contributed by atoms with Crippen molar-refractivity contribution in [1.29, 1.82) is 0 Å². The molecule has 2 atom stereocenters. The van der Waals surface area contributed by atoms with Crippen LogP contribution in [-0.2, 0) is 24.4 Å². The van der Waals surface area contributed by atoms with Gasteiger partial charge in [0.1, 0.15) is 12.7 Å². The molecule has 0 radical (unpaired) electrons. The van der Waals surface area contributed by atoms with Gasteiger partial charge in [0.25, 0.3) is 0 Å². The molecule has 1 saturated heterocycles. The van der Waals surface area contributed by atoms with Gasteiger partial charge in [-0.2, -0.15) is 0 Å². The SMILES string of the molecule is N[C@@H]1CN(c2nc3cc(F)c(F)cc3n2CC(=O)N2Cc3cccnc3C2)CC[C@H]1F. The molecule has 7 nitrogen and oxygen atoms in total. The molecular formula is C21H21F3N6O. The average molecular weight is 430 g/mol. The maximum absolute atomic E-state index is 14.0. The molecule has 3 aromatic rings. The van der Waals surface area contributed by atoms with E-state index < -0.39 is 23.8 Å². The first-order valence-electron chi connectivity index (χ1n) is 10.1. The Hall–Kier alpha value is -3.14. The van der Waals surface area contributed by atoms with Crippen molar-refractivity contribution < 1.29 is 18.0 Å². The van der Waals surface area contributed by atoms with E-state index in [0.717, 1.165) is 23.4 Å². The Morgan fingerprint density at radius 2 is 2.03 bits per heavy atom. The van der Waals surface area contributed by atoms with Crippen LogP contribution < -0.4 is 10.6 Å². The Kier molecular flexibility index (Phi) is 4.81. The molecule has 2 N–H and O–H groups in total. The third kappa shape index (κ3) is 3.50. The summed E-state index contributed by atoms with van der Waals surface area (Å²) in [5.74, 6) is -1.89. The summed E-state index contributed by atoms with van der Waals surface area (Å²) in [6.45, 7) is 1.25. The van der Waals surface area contributed by atoms with Crippen LogP contribution in [-0.4, -0.2) is 50.6 Å². The molecule has 31 heavy (non-hydrogen) atoms. The van der Waals surface area contributed by atoms with Crippen molar-refractivity contribution in [1.82, 2.24) is 19.4 Å². The molecule has 10 heteroatoms. The van der Waals surface area contributed by atoms with Crippen LogP contribution in [0.15, 0.2) is 30.5 Å². The van der Waals surface area contributed by atoms with Gasteiger partial charge in [0.05, 0.1) is 29.3 Å². The molecule has 0 aliphatic carbocycles. The molecular weight excluding hydrogens is 409 g/mol. The molecule has 2 aliphatic heterocycles. The smallest absolute Gasteiger partial charge is 0.243 e. The summed E-state index contributed by atoms with van der Waals surface area (Å²) in [5.41, 5.74) is 8.24. The highest BCUT2D eigenvalue weighted by Crippen LogP contribution is 2.28. The van der Waals surface area contributed by atoms with Gasteiger partial charge in [-0.15, -0.1) is 0 Å². The molecule has 162 valence electrons. The van der Waals surface area contributed by atoms with Crippen LogP contribution in [0.4, 0.5) is 19.1 Å². The second kappa shape index (κ2) is 7.52. The zero-order chi connectivity index (χ0) is 21.7. The highest BCUT2D eigenvalue weighted by molar-refractivity contribution is 5.84. The predicted octanol–water partition coefficient (Wildman–Crippen LogP) is 2.13. The molecule has 0 unspecified atom stereocenters. The van der Waals surface area contributed by atoms with Crippen LogP contribution >= 0.6 is 0 Å². The number of pyridine rings is 1. The summed E-state index contributed by atoms with van der Waals surface area (Å²) >= 11 is 0. The van der Waals surface area contributed by atoms with Crippen LogP contribution in [0, 0.1) is 11.6 Å². The van der Waals surface area contributed by atoms with Gasteiger partial charge in [0, 0.05) is 38.0 Å². The number of halogens is 3. The number of benzene rings is 1. The molecule has 4 heterocycles. The number of imidazole rings is 1. The molecule has 0 saturated carbocycles. The molecule has 1 aromatic carbocycles. The van der Waals surface area contributed by atoms with E-state index in [9.17, 15) is 18.0 Å². The quantitative estimate of drug-likeness (QED) is 0.689. The monoisotopic (exact) mass is 430 g/mol. The van der Waals surface area contributed by atoms with Gasteiger partial charge in [0.15, 0.2) is 11.6 Å². The van der Waals surface area contributed by atoms with Gasteiger partial charge in [-0.25, -0.2) is 18.2 Å². The van der Waals surface area contributed by atoms with Crippen molar-refractivity contribution in [3.63, 3.8) is 0 Å². The van der Waals surface area contributed by atoms with Crippen molar-refractivity contribution in [2.75, 3.05) is 18.0 Å². The normalized spacial score (nSPS) is 21.0. The van der Waals surface area contributed by atoms with Crippen LogP contribution in [0.5, 0.6) is 0 Å². The first-order valence-corrected chi connectivity index (χ1v) is 10.1. The fourth-order valence-electron chi connectivity index (χ4n) is 4.25. The molecule has 2 aliphatic rings. The second-order valence-electron chi connectivity index (χ2n) is 8.03. The maximum Gasteiger partial charge on any atom is 0.243 e. The number of hydrogen-bond acceptors (Lipinski definition) is 5. The van der Waals surface area contributed by atoms with Crippen molar-refractivity contribution in [3.05, 3.63) is 53.4 Å². The number of carbonyl (C=O) groups is 1. The third-order valence-electron chi connectivity index (χ3n) is 5.96. The summed E-state index contributed by atoms with van der Waals surface area (Å²) < 4.78 is 43.3. The van der Waals surface area contributed by atoms with Crippen LogP contribution in [0.3, 0.4) is 0 Å². The van der Waals surface area contributed by atoms with Gasteiger partial charge in [-0.3, -0.25) is 9.78 Å². The number of alkyl halides is 1. The lowest BCUT2D eigenvalue weighted by Crippen LogP contribution is -2.50. The number of anilines is 1. The van der Waals surface area contributed by atoms with Gasteiger partial charge < -0.3 is 20.1 Å². The fourth-order valence-corrected chi connectivity index (χ4v) is 4.25. The number of piperidine rings is 1. The van der Waals surface area contributed by atoms with E-state index in [1.807, 2.05) is 12.1 Å². The Balaban J connectivity index is 1.49. The molecule has 5 rings (SSSR count). The predicted molar refractivity (Wildman–Crippen MR) is 108 cm³/mol. The highest BCUT2D eigenvalue weighted by Gasteiger charge is 2.31. The number of hydrogen-bond donors (Lipinski definition) is 1. The Bertz CT molecular complexity index is 1140. The Morgan fingerprint density at radius 1 is 1.23 bits per heavy atom. The number of amides is 1. The number of nitrogens with two attached hydrogens (primary N) is 1. The zero-order valence-electron chi connectivity index (χ0n) is 16.6. The Labute approximate surface area is 176 Å². The number of rotatable bonds is 3. The molecule has 2 aromatic heterocycles. The number of carbonyl (C=O) groups excluding carboxylic acids is 1. The van der Waals surface area contributed by atoms with Gasteiger partial charge in [0.2, 0.25) is 11.9 Å². The third-order valence-corrected chi connectivity index (χ3v) is 5.96. The van der Waals surface area contributed by atoms with Gasteiger partial charge >= 0.3 is 0 Å². The molecule has 0 bridgehead atoms. The lowest BCUT2D eigenvalue weighted by atomic mass is 10.1. The van der Waals surface area contributed by atoms with Crippen molar-refractivity contribution in [3.8, 4) is 0 Å². The maximum atomic E-state index is 14.0. The van der Waals surface area contributed by atoms with E-state index in [-0.39, 0.29) is 30.9 Å². The van der Waals surface area contributed by atoms with Gasteiger partial charge in [-0.05, 0) is 18.1 Å². The van der Waals surface area contributed by atoms with Crippen LogP contribution in [0.2, 0.25) is 0 Å². The fraction of sp³-hybridized carbons (Fsp3) is 0.381.